The van der Waals surface area contributed by atoms with Crippen molar-refractivity contribution in [3.63, 3.8) is 0 Å². The molecule has 1 aliphatic rings. The number of hydrogen-bond acceptors (Lipinski definition) is 4. The second-order valence-corrected chi connectivity index (χ2v) is 9.82. The van der Waals surface area contributed by atoms with Gasteiger partial charge in [-0.2, -0.15) is 0 Å². The Balaban J connectivity index is 1.70. The maximum Gasteiger partial charge on any atom is 0.262 e. The van der Waals surface area contributed by atoms with Gasteiger partial charge in [0.15, 0.2) is 6.61 Å². The van der Waals surface area contributed by atoms with E-state index in [-0.39, 0.29) is 17.9 Å². The number of rotatable bonds is 6. The van der Waals surface area contributed by atoms with Crippen LogP contribution in [0.4, 0.5) is 5.00 Å². The Morgan fingerprint density at radius 1 is 1.24 bits per heavy atom. The molecule has 0 aliphatic heterocycles. The van der Waals surface area contributed by atoms with E-state index in [4.69, 9.17) is 10.5 Å². The molecule has 0 saturated carbocycles. The molecule has 29 heavy (non-hydrogen) atoms. The molecule has 6 heteroatoms. The lowest BCUT2D eigenvalue weighted by molar-refractivity contribution is -0.118. The summed E-state index contributed by atoms with van der Waals surface area (Å²) in [5.74, 6) is 0.416. The van der Waals surface area contributed by atoms with Crippen LogP contribution in [0.5, 0.6) is 5.75 Å². The summed E-state index contributed by atoms with van der Waals surface area (Å²) in [5, 5.41) is 3.40. The van der Waals surface area contributed by atoms with Crippen molar-refractivity contribution in [3.05, 3.63) is 45.8 Å². The van der Waals surface area contributed by atoms with Gasteiger partial charge in [0, 0.05) is 4.88 Å². The topological polar surface area (TPSA) is 81.4 Å². The van der Waals surface area contributed by atoms with E-state index in [0.717, 1.165) is 36.1 Å². The third-order valence-corrected chi connectivity index (χ3v) is 6.86. The number of anilines is 1. The van der Waals surface area contributed by atoms with Crippen molar-refractivity contribution < 1.29 is 14.3 Å². The third-order valence-electron chi connectivity index (χ3n) is 5.69. The highest BCUT2D eigenvalue weighted by atomic mass is 32.1. The first-order valence-corrected chi connectivity index (χ1v) is 11.0. The lowest BCUT2D eigenvalue weighted by Gasteiger charge is -2.33. The van der Waals surface area contributed by atoms with Gasteiger partial charge < -0.3 is 15.8 Å². The van der Waals surface area contributed by atoms with Crippen LogP contribution in [-0.4, -0.2) is 18.4 Å². The number of thiophene rings is 1. The van der Waals surface area contributed by atoms with Gasteiger partial charge in [0.2, 0.25) is 0 Å². The lowest BCUT2D eigenvalue weighted by atomic mass is 9.72. The highest BCUT2D eigenvalue weighted by Crippen LogP contribution is 2.44. The number of aryl methyl sites for hydroxylation is 1. The molecule has 0 unspecified atom stereocenters. The summed E-state index contributed by atoms with van der Waals surface area (Å²) in [4.78, 5) is 25.7. The summed E-state index contributed by atoms with van der Waals surface area (Å²) in [5.41, 5.74) is 8.56. The van der Waals surface area contributed by atoms with Crippen LogP contribution in [0, 0.1) is 11.3 Å². The number of nitrogens with one attached hydrogen (secondary N) is 1. The molecule has 0 radical (unpaired) electrons. The average Bonchev–Trinajstić information content (AvgIpc) is 3.03. The second kappa shape index (κ2) is 8.57. The quantitative estimate of drug-likeness (QED) is 0.726. The number of fused-ring (bicyclic) bond motifs is 1. The van der Waals surface area contributed by atoms with E-state index >= 15 is 0 Å². The Bertz CT molecular complexity index is 894. The van der Waals surface area contributed by atoms with Gasteiger partial charge in [-0.05, 0) is 60.3 Å². The van der Waals surface area contributed by atoms with Gasteiger partial charge in [0.25, 0.3) is 11.8 Å². The first-order valence-electron chi connectivity index (χ1n) is 10.1. The number of hydrogen-bond donors (Lipinski definition) is 2. The van der Waals surface area contributed by atoms with Crippen molar-refractivity contribution >= 4 is 28.2 Å². The maximum atomic E-state index is 12.4. The number of benzene rings is 1. The van der Waals surface area contributed by atoms with Crippen molar-refractivity contribution in [1.29, 1.82) is 0 Å². The molecule has 1 aliphatic carbocycles. The standard InChI is InChI=1S/C23H30N2O3S/c1-5-14-6-9-16(10-7-14)28-13-19(26)25-22-20(21(24)27)17-11-8-15(23(2,3)4)12-18(17)29-22/h6-7,9-10,15H,5,8,11-13H2,1-4H3,(H2,24,27)(H,25,26)/t15-/m1/s1. The minimum atomic E-state index is -0.483. The van der Waals surface area contributed by atoms with Gasteiger partial charge in [-0.3, -0.25) is 9.59 Å². The maximum absolute atomic E-state index is 12.4. The first-order chi connectivity index (χ1) is 13.7. The van der Waals surface area contributed by atoms with E-state index in [1.54, 1.807) is 0 Å². The van der Waals surface area contributed by atoms with E-state index in [2.05, 4.69) is 33.0 Å². The summed E-state index contributed by atoms with van der Waals surface area (Å²) in [6.07, 6.45) is 3.72. The molecule has 1 heterocycles. The second-order valence-electron chi connectivity index (χ2n) is 8.71. The molecule has 2 aromatic rings. The van der Waals surface area contributed by atoms with Crippen LogP contribution in [-0.2, 0) is 24.1 Å². The number of carbonyl (C=O) groups excluding carboxylic acids is 2. The molecule has 0 bridgehead atoms. The van der Waals surface area contributed by atoms with Crippen LogP contribution in [0.2, 0.25) is 0 Å². The minimum absolute atomic E-state index is 0.114. The molecule has 0 spiro atoms. The highest BCUT2D eigenvalue weighted by molar-refractivity contribution is 7.17. The van der Waals surface area contributed by atoms with E-state index in [1.165, 1.54) is 16.9 Å². The summed E-state index contributed by atoms with van der Waals surface area (Å²) >= 11 is 1.48. The summed E-state index contributed by atoms with van der Waals surface area (Å²) in [6, 6.07) is 7.68. The van der Waals surface area contributed by atoms with Gasteiger partial charge in [0.1, 0.15) is 10.8 Å². The molecule has 3 rings (SSSR count). The Kier molecular flexibility index (Phi) is 6.32. The van der Waals surface area contributed by atoms with Crippen molar-refractivity contribution in [1.82, 2.24) is 0 Å². The normalized spacial score (nSPS) is 16.2. The third kappa shape index (κ3) is 4.99. The van der Waals surface area contributed by atoms with Crippen LogP contribution in [0.15, 0.2) is 24.3 Å². The molecule has 0 saturated heterocycles. The van der Waals surface area contributed by atoms with Crippen LogP contribution in [0.25, 0.3) is 0 Å². The fourth-order valence-electron chi connectivity index (χ4n) is 3.81. The van der Waals surface area contributed by atoms with Crippen LogP contribution in [0.1, 0.15) is 60.5 Å². The monoisotopic (exact) mass is 414 g/mol. The fraction of sp³-hybridized carbons (Fsp3) is 0.478. The molecule has 156 valence electrons. The summed E-state index contributed by atoms with van der Waals surface area (Å²) < 4.78 is 5.58. The van der Waals surface area contributed by atoms with Crippen molar-refractivity contribution in [2.45, 2.75) is 53.4 Å². The molecule has 1 aromatic carbocycles. The van der Waals surface area contributed by atoms with Gasteiger partial charge in [-0.1, -0.05) is 39.8 Å². The number of amides is 2. The zero-order chi connectivity index (χ0) is 21.2. The van der Waals surface area contributed by atoms with Crippen molar-refractivity contribution in [2.24, 2.45) is 17.1 Å². The van der Waals surface area contributed by atoms with Gasteiger partial charge in [0.05, 0.1) is 5.56 Å². The minimum Gasteiger partial charge on any atom is -0.484 e. The van der Waals surface area contributed by atoms with E-state index in [9.17, 15) is 9.59 Å². The predicted molar refractivity (Wildman–Crippen MR) is 118 cm³/mol. The number of nitrogens with two attached hydrogens (primary N) is 1. The molecule has 3 N–H and O–H groups in total. The van der Waals surface area contributed by atoms with Crippen LogP contribution in [0.3, 0.4) is 0 Å². The van der Waals surface area contributed by atoms with E-state index < -0.39 is 5.91 Å². The Labute approximate surface area is 176 Å². The first kappa shape index (κ1) is 21.4. The molecule has 1 atom stereocenters. The van der Waals surface area contributed by atoms with Crippen molar-refractivity contribution in [3.8, 4) is 5.75 Å². The smallest absolute Gasteiger partial charge is 0.262 e. The Morgan fingerprint density at radius 2 is 1.93 bits per heavy atom. The number of carbonyl (C=O) groups is 2. The van der Waals surface area contributed by atoms with Gasteiger partial charge in [-0.25, -0.2) is 0 Å². The highest BCUT2D eigenvalue weighted by Gasteiger charge is 2.33. The van der Waals surface area contributed by atoms with Gasteiger partial charge in [-0.15, -0.1) is 11.3 Å². The predicted octanol–water partition coefficient (Wildman–Crippen LogP) is 4.58. The zero-order valence-electron chi connectivity index (χ0n) is 17.6. The SMILES string of the molecule is CCc1ccc(OCC(=O)Nc2sc3c(c2C(N)=O)CC[C@@H](C(C)(C)C)C3)cc1. The molecule has 0 fully saturated rings. The number of primary amides is 1. The Hall–Kier alpha value is -2.34. The van der Waals surface area contributed by atoms with E-state index in [0.29, 0.717) is 22.2 Å². The van der Waals surface area contributed by atoms with Crippen LogP contribution >= 0.6 is 11.3 Å². The zero-order valence-corrected chi connectivity index (χ0v) is 18.4. The van der Waals surface area contributed by atoms with E-state index in [1.807, 2.05) is 24.3 Å². The Morgan fingerprint density at radius 3 is 2.52 bits per heavy atom. The van der Waals surface area contributed by atoms with Crippen LogP contribution < -0.4 is 15.8 Å². The van der Waals surface area contributed by atoms with Crippen molar-refractivity contribution in [2.75, 3.05) is 11.9 Å². The molecule has 1 aromatic heterocycles. The lowest BCUT2D eigenvalue weighted by Crippen LogP contribution is -2.27. The molecular weight excluding hydrogens is 384 g/mol. The average molecular weight is 415 g/mol. The summed E-state index contributed by atoms with van der Waals surface area (Å²) in [7, 11) is 0. The largest absolute Gasteiger partial charge is 0.484 e. The molecular formula is C23H30N2O3S. The molecule has 2 amide bonds. The van der Waals surface area contributed by atoms with Gasteiger partial charge >= 0.3 is 0 Å². The molecule has 5 nitrogen and oxygen atoms in total. The fourth-order valence-corrected chi connectivity index (χ4v) is 5.16. The number of ether oxygens (including phenoxy) is 1. The summed E-state index contributed by atoms with van der Waals surface area (Å²) in [6.45, 7) is 8.72.